The zero-order chi connectivity index (χ0) is 19.6. The normalized spacial score (nSPS) is 11.2. The van der Waals surface area contributed by atoms with E-state index in [-0.39, 0.29) is 27.0 Å². The summed E-state index contributed by atoms with van der Waals surface area (Å²) in [5.74, 6) is -1.24. The van der Waals surface area contributed by atoms with Crippen LogP contribution in [0.25, 0.3) is 5.69 Å². The molecule has 0 bridgehead atoms. The van der Waals surface area contributed by atoms with E-state index in [2.05, 4.69) is 4.98 Å². The third kappa shape index (κ3) is 3.93. The van der Waals surface area contributed by atoms with Crippen molar-refractivity contribution < 1.29 is 22.3 Å². The number of nitrogens with one attached hydrogen (secondary N) is 1. The summed E-state index contributed by atoms with van der Waals surface area (Å²) < 4.78 is 46.9. The highest BCUT2D eigenvalue weighted by Gasteiger charge is 2.23. The highest BCUT2D eigenvalue weighted by Crippen LogP contribution is 2.26. The van der Waals surface area contributed by atoms with E-state index in [1.54, 1.807) is 6.07 Å². The number of rotatable bonds is 5. The molecule has 7 nitrogen and oxygen atoms in total. The number of ether oxygens (including phenoxy) is 1. The lowest BCUT2D eigenvalue weighted by Gasteiger charge is -2.09. The van der Waals surface area contributed by atoms with Gasteiger partial charge in [-0.2, -0.15) is 0 Å². The minimum absolute atomic E-state index is 0.0759. The van der Waals surface area contributed by atoms with Crippen LogP contribution < -0.4 is 9.46 Å². The molecule has 0 saturated heterocycles. The van der Waals surface area contributed by atoms with Crippen LogP contribution >= 0.6 is 11.6 Å². The highest BCUT2D eigenvalue weighted by molar-refractivity contribution is 7.90. The highest BCUT2D eigenvalue weighted by atomic mass is 35.5. The molecule has 0 unspecified atom stereocenters. The van der Waals surface area contributed by atoms with Crippen molar-refractivity contribution in [1.82, 2.24) is 14.3 Å². The van der Waals surface area contributed by atoms with Gasteiger partial charge in [-0.25, -0.2) is 22.5 Å². The maximum atomic E-state index is 13.8. The molecule has 27 heavy (non-hydrogen) atoms. The van der Waals surface area contributed by atoms with Crippen molar-refractivity contribution in [2.45, 2.75) is 4.90 Å². The van der Waals surface area contributed by atoms with Crippen molar-refractivity contribution in [3.8, 4) is 11.4 Å². The fourth-order valence-corrected chi connectivity index (χ4v) is 3.76. The number of hydrogen-bond donors (Lipinski definition) is 1. The standard InChI is InChI=1S/C17H13ClFN3O4S/c1-26-11-6-7-12(18)16(8-11)27(24,25)21-17(23)14-9-22(10-20-14)15-5-3-2-4-13(15)19/h2-10H,1H3,(H,21,23). The summed E-state index contributed by atoms with van der Waals surface area (Å²) in [7, 11) is -2.90. The molecule has 0 saturated carbocycles. The van der Waals surface area contributed by atoms with Crippen molar-refractivity contribution in [2.75, 3.05) is 7.11 Å². The molecule has 3 rings (SSSR count). The minimum atomic E-state index is -4.27. The number of sulfonamides is 1. The average Bonchev–Trinajstić information content (AvgIpc) is 3.12. The first-order chi connectivity index (χ1) is 12.8. The lowest BCUT2D eigenvalue weighted by atomic mass is 10.3. The Bertz CT molecular complexity index is 1110. The molecule has 0 spiro atoms. The monoisotopic (exact) mass is 409 g/mol. The molecule has 0 aliphatic rings. The number of halogens is 2. The lowest BCUT2D eigenvalue weighted by molar-refractivity contribution is 0.0977. The van der Waals surface area contributed by atoms with Gasteiger partial charge in [-0.05, 0) is 24.3 Å². The maximum Gasteiger partial charge on any atom is 0.285 e. The van der Waals surface area contributed by atoms with Gasteiger partial charge in [-0.3, -0.25) is 4.79 Å². The molecule has 140 valence electrons. The summed E-state index contributed by atoms with van der Waals surface area (Å²) in [4.78, 5) is 15.8. The second-order valence-electron chi connectivity index (χ2n) is 5.35. The van der Waals surface area contributed by atoms with Gasteiger partial charge in [0.25, 0.3) is 15.9 Å². The number of imidazole rings is 1. The van der Waals surface area contributed by atoms with Crippen LogP contribution in [0, 0.1) is 5.82 Å². The van der Waals surface area contributed by atoms with Gasteiger partial charge in [-0.15, -0.1) is 0 Å². The van der Waals surface area contributed by atoms with Gasteiger partial charge in [0.05, 0.1) is 17.8 Å². The number of methoxy groups -OCH3 is 1. The number of hydrogen-bond acceptors (Lipinski definition) is 5. The molecular weight excluding hydrogens is 397 g/mol. The van der Waals surface area contributed by atoms with Crippen LogP contribution in [0.4, 0.5) is 4.39 Å². The predicted molar refractivity (Wildman–Crippen MR) is 96.2 cm³/mol. The van der Waals surface area contributed by atoms with E-state index in [0.29, 0.717) is 0 Å². The van der Waals surface area contributed by atoms with E-state index >= 15 is 0 Å². The van der Waals surface area contributed by atoms with Crippen LogP contribution in [0.15, 0.2) is 59.9 Å². The Morgan fingerprint density at radius 2 is 2.00 bits per heavy atom. The molecule has 0 aliphatic heterocycles. The number of benzene rings is 2. The molecule has 0 radical (unpaired) electrons. The van der Waals surface area contributed by atoms with Crippen molar-refractivity contribution in [3.05, 3.63) is 71.5 Å². The SMILES string of the molecule is COc1ccc(Cl)c(S(=O)(=O)NC(=O)c2cn(-c3ccccc3F)cn2)c1. The Hall–Kier alpha value is -2.91. The summed E-state index contributed by atoms with van der Waals surface area (Å²) in [5.41, 5.74) is -0.0383. The maximum absolute atomic E-state index is 13.8. The van der Waals surface area contributed by atoms with Crippen molar-refractivity contribution in [3.63, 3.8) is 0 Å². The average molecular weight is 410 g/mol. The lowest BCUT2D eigenvalue weighted by Crippen LogP contribution is -2.31. The zero-order valence-corrected chi connectivity index (χ0v) is 15.5. The van der Waals surface area contributed by atoms with Crippen LogP contribution in [-0.4, -0.2) is 31.0 Å². The Morgan fingerprint density at radius 3 is 2.70 bits per heavy atom. The molecule has 10 heteroatoms. The Kier molecular flexibility index (Phi) is 5.15. The number of nitrogens with zero attached hydrogens (tertiary/aromatic N) is 2. The number of carbonyl (C=O) groups excluding carboxylic acids is 1. The largest absolute Gasteiger partial charge is 0.497 e. The van der Waals surface area contributed by atoms with E-state index in [9.17, 15) is 17.6 Å². The Balaban J connectivity index is 1.87. The summed E-state index contributed by atoms with van der Waals surface area (Å²) >= 11 is 5.92. The van der Waals surface area contributed by atoms with E-state index in [4.69, 9.17) is 16.3 Å². The Labute approximate surface area is 159 Å². The number of para-hydroxylation sites is 1. The third-order valence-electron chi connectivity index (χ3n) is 3.60. The first-order valence-corrected chi connectivity index (χ1v) is 9.37. The summed E-state index contributed by atoms with van der Waals surface area (Å²) in [6, 6.07) is 9.90. The number of amides is 1. The van der Waals surface area contributed by atoms with E-state index < -0.39 is 21.7 Å². The summed E-state index contributed by atoms with van der Waals surface area (Å²) in [5, 5.41) is -0.0759. The predicted octanol–water partition coefficient (Wildman–Crippen LogP) is 2.79. The minimum Gasteiger partial charge on any atom is -0.497 e. The van der Waals surface area contributed by atoms with Gasteiger partial charge in [0.15, 0.2) is 0 Å². The van der Waals surface area contributed by atoms with Crippen LogP contribution in [0.1, 0.15) is 10.5 Å². The van der Waals surface area contributed by atoms with Crippen LogP contribution in [0.2, 0.25) is 5.02 Å². The fourth-order valence-electron chi connectivity index (χ4n) is 2.28. The molecule has 2 aromatic carbocycles. The van der Waals surface area contributed by atoms with Crippen molar-refractivity contribution in [1.29, 1.82) is 0 Å². The third-order valence-corrected chi connectivity index (χ3v) is 5.41. The molecule has 0 fully saturated rings. The number of carbonyl (C=O) groups is 1. The van der Waals surface area contributed by atoms with Gasteiger partial charge in [0.2, 0.25) is 0 Å². The van der Waals surface area contributed by atoms with Gasteiger partial charge < -0.3 is 9.30 Å². The molecule has 1 amide bonds. The zero-order valence-electron chi connectivity index (χ0n) is 13.9. The first kappa shape index (κ1) is 18.9. The van der Waals surface area contributed by atoms with E-state index in [1.807, 2.05) is 4.72 Å². The summed E-state index contributed by atoms with van der Waals surface area (Å²) in [6.07, 6.45) is 2.43. The first-order valence-electron chi connectivity index (χ1n) is 7.51. The van der Waals surface area contributed by atoms with Crippen molar-refractivity contribution >= 4 is 27.5 Å². The van der Waals surface area contributed by atoms with E-state index in [1.165, 1.54) is 60.6 Å². The molecular formula is C17H13ClFN3O4S. The smallest absolute Gasteiger partial charge is 0.285 e. The summed E-state index contributed by atoms with van der Waals surface area (Å²) in [6.45, 7) is 0. The quantitative estimate of drug-likeness (QED) is 0.699. The number of aromatic nitrogens is 2. The molecule has 1 N–H and O–H groups in total. The van der Waals surface area contributed by atoms with Gasteiger partial charge >= 0.3 is 0 Å². The van der Waals surface area contributed by atoms with Gasteiger partial charge in [-0.1, -0.05) is 23.7 Å². The topological polar surface area (TPSA) is 90.3 Å². The Morgan fingerprint density at radius 1 is 1.26 bits per heavy atom. The van der Waals surface area contributed by atoms with Gasteiger partial charge in [0.1, 0.15) is 28.5 Å². The molecule has 1 heterocycles. The molecule has 0 aliphatic carbocycles. The molecule has 3 aromatic rings. The second kappa shape index (κ2) is 7.37. The van der Waals surface area contributed by atoms with E-state index in [0.717, 1.165) is 0 Å². The van der Waals surface area contributed by atoms with Crippen LogP contribution in [-0.2, 0) is 10.0 Å². The second-order valence-corrected chi connectivity index (χ2v) is 7.41. The van der Waals surface area contributed by atoms with Gasteiger partial charge in [0, 0.05) is 12.3 Å². The fraction of sp³-hybridized carbons (Fsp3) is 0.0588. The van der Waals surface area contributed by atoms with Crippen LogP contribution in [0.5, 0.6) is 5.75 Å². The van der Waals surface area contributed by atoms with Crippen LogP contribution in [0.3, 0.4) is 0 Å². The molecule has 0 atom stereocenters. The molecule has 1 aromatic heterocycles. The van der Waals surface area contributed by atoms with Crippen molar-refractivity contribution in [2.24, 2.45) is 0 Å².